The van der Waals surface area contributed by atoms with Gasteiger partial charge < -0.3 is 5.32 Å². The summed E-state index contributed by atoms with van der Waals surface area (Å²) in [6.45, 7) is 13.1. The van der Waals surface area contributed by atoms with Crippen molar-refractivity contribution in [2.45, 2.75) is 60.0 Å². The molecular formula is C16H31N3S. The summed E-state index contributed by atoms with van der Waals surface area (Å²) in [7, 11) is 0. The van der Waals surface area contributed by atoms with Gasteiger partial charge in [-0.2, -0.15) is 16.9 Å². The highest BCUT2D eigenvalue weighted by molar-refractivity contribution is 7.99. The minimum Gasteiger partial charge on any atom is -0.313 e. The minimum atomic E-state index is 0.556. The first-order valence-corrected chi connectivity index (χ1v) is 9.06. The molecule has 1 atom stereocenters. The van der Waals surface area contributed by atoms with Gasteiger partial charge in [-0.3, -0.25) is 4.68 Å². The van der Waals surface area contributed by atoms with Gasteiger partial charge in [-0.05, 0) is 44.6 Å². The molecule has 0 aliphatic heterocycles. The Morgan fingerprint density at radius 1 is 1.30 bits per heavy atom. The van der Waals surface area contributed by atoms with Crippen LogP contribution >= 0.6 is 11.8 Å². The fourth-order valence-corrected chi connectivity index (χ4v) is 3.40. The molecule has 3 nitrogen and oxygen atoms in total. The number of aromatic nitrogens is 2. The SMILES string of the molecule is CCCNC(CSCC(C)C)Cc1cc(C)nn1CC. The number of hydrogen-bond donors (Lipinski definition) is 1. The third-order valence-corrected chi connectivity index (χ3v) is 4.73. The van der Waals surface area contributed by atoms with E-state index in [1.165, 1.54) is 23.6 Å². The molecule has 1 heterocycles. The van der Waals surface area contributed by atoms with Crippen LogP contribution in [0.1, 0.15) is 45.5 Å². The first-order chi connectivity index (χ1) is 9.56. The summed E-state index contributed by atoms with van der Waals surface area (Å²) < 4.78 is 2.14. The molecule has 0 saturated heterocycles. The Morgan fingerprint density at radius 2 is 2.05 bits per heavy atom. The molecule has 0 aliphatic carbocycles. The lowest BCUT2D eigenvalue weighted by atomic mass is 10.1. The van der Waals surface area contributed by atoms with Gasteiger partial charge in [0.2, 0.25) is 0 Å². The van der Waals surface area contributed by atoms with Gasteiger partial charge in [0.15, 0.2) is 0 Å². The summed E-state index contributed by atoms with van der Waals surface area (Å²) in [5.41, 5.74) is 2.50. The van der Waals surface area contributed by atoms with Crippen LogP contribution in [0, 0.1) is 12.8 Å². The average molecular weight is 298 g/mol. The van der Waals surface area contributed by atoms with Crippen LogP contribution in [-0.2, 0) is 13.0 Å². The Balaban J connectivity index is 2.57. The Morgan fingerprint density at radius 3 is 2.65 bits per heavy atom. The van der Waals surface area contributed by atoms with E-state index >= 15 is 0 Å². The summed E-state index contributed by atoms with van der Waals surface area (Å²) in [5.74, 6) is 3.21. The Labute approximate surface area is 128 Å². The molecule has 0 bridgehead atoms. The van der Waals surface area contributed by atoms with Crippen LogP contribution in [0.2, 0.25) is 0 Å². The highest BCUT2D eigenvalue weighted by Gasteiger charge is 2.13. The molecule has 0 aliphatic rings. The lowest BCUT2D eigenvalue weighted by molar-refractivity contribution is 0.519. The monoisotopic (exact) mass is 297 g/mol. The number of nitrogens with zero attached hydrogens (tertiary/aromatic N) is 2. The largest absolute Gasteiger partial charge is 0.313 e. The number of nitrogens with one attached hydrogen (secondary N) is 1. The Hall–Kier alpha value is -0.480. The molecule has 1 rings (SSSR count). The van der Waals surface area contributed by atoms with E-state index in [1.54, 1.807) is 0 Å². The van der Waals surface area contributed by atoms with Crippen molar-refractivity contribution < 1.29 is 0 Å². The maximum Gasteiger partial charge on any atom is 0.0596 e. The first-order valence-electron chi connectivity index (χ1n) is 7.91. The quantitative estimate of drug-likeness (QED) is 0.717. The van der Waals surface area contributed by atoms with Gasteiger partial charge in [-0.1, -0.05) is 20.8 Å². The Kier molecular flexibility index (Phi) is 8.31. The molecule has 0 radical (unpaired) electrons. The molecule has 4 heteroatoms. The van der Waals surface area contributed by atoms with Crippen LogP contribution in [0.4, 0.5) is 0 Å². The Bertz CT molecular complexity index is 374. The average Bonchev–Trinajstić information content (AvgIpc) is 2.75. The van der Waals surface area contributed by atoms with Crippen molar-refractivity contribution in [3.8, 4) is 0 Å². The fraction of sp³-hybridized carbons (Fsp3) is 0.812. The molecule has 0 spiro atoms. The first kappa shape index (κ1) is 17.6. The van der Waals surface area contributed by atoms with Crippen molar-refractivity contribution in [1.29, 1.82) is 0 Å². The molecule has 116 valence electrons. The van der Waals surface area contributed by atoms with Crippen LogP contribution in [0.5, 0.6) is 0 Å². The number of hydrogen-bond acceptors (Lipinski definition) is 3. The summed E-state index contributed by atoms with van der Waals surface area (Å²) >= 11 is 2.07. The van der Waals surface area contributed by atoms with E-state index in [2.05, 4.69) is 67.5 Å². The normalized spacial score (nSPS) is 13.1. The zero-order chi connectivity index (χ0) is 15.0. The predicted octanol–water partition coefficient (Wildman–Crippen LogP) is 3.51. The van der Waals surface area contributed by atoms with E-state index < -0.39 is 0 Å². The van der Waals surface area contributed by atoms with Gasteiger partial charge in [0, 0.05) is 30.5 Å². The topological polar surface area (TPSA) is 29.9 Å². The van der Waals surface area contributed by atoms with E-state index in [0.717, 1.165) is 31.1 Å². The number of aryl methyl sites for hydroxylation is 2. The second kappa shape index (κ2) is 9.46. The molecule has 0 fully saturated rings. The highest BCUT2D eigenvalue weighted by Crippen LogP contribution is 2.13. The highest BCUT2D eigenvalue weighted by atomic mass is 32.2. The van der Waals surface area contributed by atoms with Crippen molar-refractivity contribution >= 4 is 11.8 Å². The molecule has 1 aromatic heterocycles. The van der Waals surface area contributed by atoms with Crippen LogP contribution in [0.3, 0.4) is 0 Å². The van der Waals surface area contributed by atoms with E-state index in [1.807, 2.05) is 0 Å². The predicted molar refractivity (Wildman–Crippen MR) is 90.6 cm³/mol. The summed E-state index contributed by atoms with van der Waals surface area (Å²) in [5, 5.41) is 8.24. The maximum absolute atomic E-state index is 4.55. The molecular weight excluding hydrogens is 266 g/mol. The van der Waals surface area contributed by atoms with Gasteiger partial charge in [-0.15, -0.1) is 0 Å². The second-order valence-electron chi connectivity index (χ2n) is 5.88. The zero-order valence-electron chi connectivity index (χ0n) is 13.8. The molecule has 20 heavy (non-hydrogen) atoms. The molecule has 0 aromatic carbocycles. The van der Waals surface area contributed by atoms with Crippen molar-refractivity contribution in [1.82, 2.24) is 15.1 Å². The molecule has 0 amide bonds. The third-order valence-electron chi connectivity index (χ3n) is 3.19. The molecule has 0 saturated carbocycles. The van der Waals surface area contributed by atoms with Crippen molar-refractivity contribution in [3.05, 3.63) is 17.5 Å². The molecule has 1 aromatic rings. The smallest absolute Gasteiger partial charge is 0.0596 e. The third kappa shape index (κ3) is 6.31. The van der Waals surface area contributed by atoms with Crippen LogP contribution in [0.15, 0.2) is 6.07 Å². The summed E-state index contributed by atoms with van der Waals surface area (Å²) in [6.07, 6.45) is 2.27. The van der Waals surface area contributed by atoms with Crippen molar-refractivity contribution in [2.75, 3.05) is 18.1 Å². The van der Waals surface area contributed by atoms with E-state index in [-0.39, 0.29) is 0 Å². The van der Waals surface area contributed by atoms with Crippen LogP contribution < -0.4 is 5.32 Å². The fourth-order valence-electron chi connectivity index (χ4n) is 2.27. The van der Waals surface area contributed by atoms with Crippen LogP contribution in [0.25, 0.3) is 0 Å². The van der Waals surface area contributed by atoms with Gasteiger partial charge in [0.1, 0.15) is 0 Å². The van der Waals surface area contributed by atoms with Crippen molar-refractivity contribution in [2.24, 2.45) is 5.92 Å². The van der Waals surface area contributed by atoms with Gasteiger partial charge in [0.25, 0.3) is 0 Å². The van der Waals surface area contributed by atoms with E-state index in [9.17, 15) is 0 Å². The number of thioether (sulfide) groups is 1. The van der Waals surface area contributed by atoms with Crippen LogP contribution in [-0.4, -0.2) is 33.9 Å². The lowest BCUT2D eigenvalue weighted by Crippen LogP contribution is -2.35. The summed E-state index contributed by atoms with van der Waals surface area (Å²) in [4.78, 5) is 0. The summed E-state index contributed by atoms with van der Waals surface area (Å²) in [6, 6.07) is 2.79. The minimum absolute atomic E-state index is 0.556. The number of rotatable bonds is 10. The molecule has 1 unspecified atom stereocenters. The van der Waals surface area contributed by atoms with Gasteiger partial charge in [0.05, 0.1) is 5.69 Å². The van der Waals surface area contributed by atoms with E-state index in [4.69, 9.17) is 0 Å². The zero-order valence-corrected chi connectivity index (χ0v) is 14.6. The maximum atomic E-state index is 4.55. The second-order valence-corrected chi connectivity index (χ2v) is 6.95. The van der Waals surface area contributed by atoms with E-state index in [0.29, 0.717) is 6.04 Å². The molecule has 1 N–H and O–H groups in total. The van der Waals surface area contributed by atoms with Gasteiger partial charge in [-0.25, -0.2) is 0 Å². The van der Waals surface area contributed by atoms with Gasteiger partial charge >= 0.3 is 0 Å². The van der Waals surface area contributed by atoms with Crippen molar-refractivity contribution in [3.63, 3.8) is 0 Å². The lowest BCUT2D eigenvalue weighted by Gasteiger charge is -2.19. The standard InChI is InChI=1S/C16H31N3S/c1-6-8-17-15(12-20-11-13(3)4)10-16-9-14(5)18-19(16)7-2/h9,13,15,17H,6-8,10-12H2,1-5H3.